The van der Waals surface area contributed by atoms with E-state index < -0.39 is 0 Å². The number of ether oxygens (including phenoxy) is 1. The van der Waals surface area contributed by atoms with E-state index >= 15 is 0 Å². The minimum atomic E-state index is 0.152. The fourth-order valence-electron chi connectivity index (χ4n) is 4.68. The van der Waals surface area contributed by atoms with Gasteiger partial charge in [0.05, 0.1) is 19.3 Å². The van der Waals surface area contributed by atoms with E-state index in [-0.39, 0.29) is 6.04 Å². The van der Waals surface area contributed by atoms with Crippen molar-refractivity contribution in [3.05, 3.63) is 0 Å². The molecule has 2 heterocycles. The molecule has 138 valence electrons. The molecular weight excluding hydrogens is 286 g/mol. The molecule has 1 aliphatic carbocycles. The summed E-state index contributed by atoms with van der Waals surface area (Å²) in [6.45, 7) is 21.6. The Morgan fingerprint density at radius 2 is 1.52 bits per heavy atom. The third-order valence-corrected chi connectivity index (χ3v) is 6.26. The second-order valence-electron chi connectivity index (χ2n) is 6.74. The lowest BCUT2D eigenvalue weighted by atomic mass is 9.88. The molecule has 0 aromatic carbocycles. The van der Waals surface area contributed by atoms with Gasteiger partial charge in [-0.3, -0.25) is 9.69 Å². The molecule has 3 fully saturated rings. The minimum Gasteiger partial charge on any atom is -0.380 e. The van der Waals surface area contributed by atoms with Gasteiger partial charge in [-0.15, -0.1) is 0 Å². The summed E-state index contributed by atoms with van der Waals surface area (Å²) in [5.41, 5.74) is 1.05. The van der Waals surface area contributed by atoms with Crippen molar-refractivity contribution in [2.45, 2.75) is 81.2 Å². The van der Waals surface area contributed by atoms with Gasteiger partial charge in [0.25, 0.3) is 0 Å². The van der Waals surface area contributed by atoms with Crippen LogP contribution in [-0.4, -0.2) is 43.5 Å². The summed E-state index contributed by atoms with van der Waals surface area (Å²) in [5, 5.41) is 0. The lowest BCUT2D eigenvalue weighted by molar-refractivity contribution is -0.122. The standard InChI is InChI=1S/C14H23NO2.3C2H6/c1-5-11(16)10-6-13(7-15(10)4)12(2,3)14(13)8-17-9-14;3*1-2/h10H,5-9H2,1-4H3;3*1-2H3. The lowest BCUT2D eigenvalue weighted by Crippen LogP contribution is -2.37. The number of nitrogens with zero attached hydrogens (tertiary/aromatic N) is 1. The molecule has 2 unspecified atom stereocenters. The first-order valence-electron chi connectivity index (χ1n) is 9.72. The van der Waals surface area contributed by atoms with Crippen LogP contribution in [0.25, 0.3) is 0 Å². The van der Waals surface area contributed by atoms with E-state index in [1.165, 1.54) is 0 Å². The number of rotatable bonds is 2. The van der Waals surface area contributed by atoms with Crippen molar-refractivity contribution in [2.75, 3.05) is 26.8 Å². The number of likely N-dealkylation sites (tertiary alicyclic amines) is 1. The Bertz CT molecular complexity index is 374. The fraction of sp³-hybridized carbons (Fsp3) is 0.950. The zero-order valence-corrected chi connectivity index (χ0v) is 17.4. The maximum absolute atomic E-state index is 12.0. The first-order chi connectivity index (χ1) is 10.9. The first-order valence-corrected chi connectivity index (χ1v) is 9.72. The monoisotopic (exact) mass is 327 g/mol. The van der Waals surface area contributed by atoms with E-state index in [0.717, 1.165) is 26.2 Å². The average molecular weight is 328 g/mol. The average Bonchev–Trinajstić information content (AvgIpc) is 2.79. The van der Waals surface area contributed by atoms with Gasteiger partial charge in [0.2, 0.25) is 0 Å². The summed E-state index contributed by atoms with van der Waals surface area (Å²) < 4.78 is 5.48. The summed E-state index contributed by atoms with van der Waals surface area (Å²) in [4.78, 5) is 14.3. The summed E-state index contributed by atoms with van der Waals surface area (Å²) in [6, 6.07) is 0.152. The van der Waals surface area contributed by atoms with Crippen LogP contribution in [0.4, 0.5) is 0 Å². The topological polar surface area (TPSA) is 29.5 Å². The Balaban J connectivity index is 0.000000728. The van der Waals surface area contributed by atoms with Crippen LogP contribution in [0.3, 0.4) is 0 Å². The third-order valence-electron chi connectivity index (χ3n) is 6.26. The van der Waals surface area contributed by atoms with Crippen LogP contribution in [0.1, 0.15) is 75.2 Å². The van der Waals surface area contributed by atoms with Crippen LogP contribution < -0.4 is 0 Å². The van der Waals surface area contributed by atoms with Crippen LogP contribution in [0.5, 0.6) is 0 Å². The van der Waals surface area contributed by atoms with E-state index in [0.29, 0.717) is 28.4 Å². The van der Waals surface area contributed by atoms with E-state index in [2.05, 4.69) is 25.8 Å². The van der Waals surface area contributed by atoms with Crippen LogP contribution in [0, 0.1) is 16.2 Å². The second kappa shape index (κ2) is 8.62. The predicted octanol–water partition coefficient (Wildman–Crippen LogP) is 4.79. The largest absolute Gasteiger partial charge is 0.380 e. The molecule has 1 saturated carbocycles. The lowest BCUT2D eigenvalue weighted by Gasteiger charge is -2.32. The molecule has 0 aromatic rings. The number of hydrogen-bond acceptors (Lipinski definition) is 3. The van der Waals surface area contributed by atoms with Crippen LogP contribution in [0.2, 0.25) is 0 Å². The molecule has 2 aliphatic heterocycles. The van der Waals surface area contributed by atoms with Gasteiger partial charge in [0.1, 0.15) is 5.78 Å². The molecular formula is C20H41NO2. The Labute approximate surface area is 145 Å². The van der Waals surface area contributed by atoms with Crippen LogP contribution in [0.15, 0.2) is 0 Å². The van der Waals surface area contributed by atoms with Gasteiger partial charge in [0, 0.05) is 23.8 Å². The van der Waals surface area contributed by atoms with Crippen molar-refractivity contribution in [3.63, 3.8) is 0 Å². The van der Waals surface area contributed by atoms with Gasteiger partial charge in [-0.2, -0.15) is 0 Å². The molecule has 0 amide bonds. The highest BCUT2D eigenvalue weighted by atomic mass is 16.5. The van der Waals surface area contributed by atoms with Gasteiger partial charge < -0.3 is 4.74 Å². The molecule has 2 saturated heterocycles. The Hall–Kier alpha value is -0.410. The number of hydrogen-bond donors (Lipinski definition) is 0. The van der Waals surface area contributed by atoms with Gasteiger partial charge in [-0.25, -0.2) is 0 Å². The number of carbonyl (C=O) groups excluding carboxylic acids is 1. The molecule has 0 aromatic heterocycles. The molecule has 3 aliphatic rings. The van der Waals surface area contributed by atoms with Gasteiger partial charge in [0.15, 0.2) is 0 Å². The first kappa shape index (κ1) is 22.6. The fourth-order valence-corrected chi connectivity index (χ4v) is 4.68. The molecule has 0 N–H and O–H groups in total. The zero-order chi connectivity index (χ0) is 18.5. The number of fused-ring (bicyclic) bond motifs is 1. The number of Topliss-reactive ketones (excluding diaryl/α,β-unsaturated/α-hetero) is 1. The molecule has 2 spiro atoms. The predicted molar refractivity (Wildman–Crippen MR) is 99.8 cm³/mol. The molecule has 3 nitrogen and oxygen atoms in total. The quantitative estimate of drug-likeness (QED) is 0.730. The summed E-state index contributed by atoms with van der Waals surface area (Å²) in [7, 11) is 2.11. The molecule has 0 radical (unpaired) electrons. The SMILES string of the molecule is CC.CC.CC.CCC(=O)C1CC2(CN1C)C(C)(C)C21COC1. The Morgan fingerprint density at radius 1 is 1.04 bits per heavy atom. The second-order valence-corrected chi connectivity index (χ2v) is 6.74. The van der Waals surface area contributed by atoms with E-state index in [1.54, 1.807) is 0 Å². The summed E-state index contributed by atoms with van der Waals surface area (Å²) in [6.07, 6.45) is 1.71. The Kier molecular flexibility index (Phi) is 8.46. The zero-order valence-electron chi connectivity index (χ0n) is 17.4. The minimum absolute atomic E-state index is 0.152. The van der Waals surface area contributed by atoms with Crippen molar-refractivity contribution >= 4 is 5.78 Å². The highest BCUT2D eigenvalue weighted by Crippen LogP contribution is 2.83. The molecule has 3 heteroatoms. The maximum atomic E-state index is 12.0. The van der Waals surface area contributed by atoms with E-state index in [4.69, 9.17) is 4.74 Å². The van der Waals surface area contributed by atoms with Gasteiger partial charge in [-0.05, 0) is 18.9 Å². The number of carbonyl (C=O) groups is 1. The maximum Gasteiger partial charge on any atom is 0.149 e. The number of likely N-dealkylation sites (N-methyl/N-ethyl adjacent to an activating group) is 1. The van der Waals surface area contributed by atoms with Gasteiger partial charge in [-0.1, -0.05) is 62.3 Å². The van der Waals surface area contributed by atoms with Crippen LogP contribution >= 0.6 is 0 Å². The Morgan fingerprint density at radius 3 is 1.83 bits per heavy atom. The molecule has 2 atom stereocenters. The van der Waals surface area contributed by atoms with E-state index in [9.17, 15) is 4.79 Å². The highest BCUT2D eigenvalue weighted by molar-refractivity contribution is 5.84. The smallest absolute Gasteiger partial charge is 0.149 e. The number of ketones is 1. The third kappa shape index (κ3) is 3.00. The van der Waals surface area contributed by atoms with Crippen molar-refractivity contribution in [1.29, 1.82) is 0 Å². The highest BCUT2D eigenvalue weighted by Gasteiger charge is 2.85. The molecule has 3 rings (SSSR count). The van der Waals surface area contributed by atoms with Crippen molar-refractivity contribution in [1.82, 2.24) is 4.90 Å². The van der Waals surface area contributed by atoms with Crippen LogP contribution in [-0.2, 0) is 9.53 Å². The van der Waals surface area contributed by atoms with Crippen molar-refractivity contribution in [2.24, 2.45) is 16.2 Å². The normalized spacial score (nSPS) is 31.7. The van der Waals surface area contributed by atoms with E-state index in [1.807, 2.05) is 48.5 Å². The summed E-state index contributed by atoms with van der Waals surface area (Å²) >= 11 is 0. The van der Waals surface area contributed by atoms with Gasteiger partial charge >= 0.3 is 0 Å². The molecule has 23 heavy (non-hydrogen) atoms. The van der Waals surface area contributed by atoms with Crippen molar-refractivity contribution in [3.8, 4) is 0 Å². The van der Waals surface area contributed by atoms with Crippen molar-refractivity contribution < 1.29 is 9.53 Å². The summed E-state index contributed by atoms with van der Waals surface area (Å²) in [5.74, 6) is 0.405. The molecule has 0 bridgehead atoms.